The molecule has 2 saturated heterocycles. The zero-order chi connectivity index (χ0) is 33.8. The van der Waals surface area contributed by atoms with Gasteiger partial charge in [-0.2, -0.15) is 0 Å². The van der Waals surface area contributed by atoms with E-state index in [9.17, 15) is 9.90 Å². The number of nitrogens with zero attached hydrogens (tertiary/aromatic N) is 3. The predicted molar refractivity (Wildman–Crippen MR) is 193 cm³/mol. The van der Waals surface area contributed by atoms with Gasteiger partial charge < -0.3 is 29.8 Å². The largest absolute Gasteiger partial charge is 0.465 e. The number of ether oxygens (including phenoxy) is 1. The molecule has 2 fully saturated rings. The first-order valence-electron chi connectivity index (χ1n) is 16.3. The van der Waals surface area contributed by atoms with Crippen LogP contribution in [0.3, 0.4) is 0 Å². The van der Waals surface area contributed by atoms with E-state index >= 15 is 0 Å². The van der Waals surface area contributed by atoms with Crippen LogP contribution < -0.4 is 20.3 Å². The van der Waals surface area contributed by atoms with Crippen LogP contribution in [0.15, 0.2) is 54.7 Å². The Morgan fingerprint density at radius 1 is 0.979 bits per heavy atom. The van der Waals surface area contributed by atoms with Gasteiger partial charge in [-0.05, 0) is 96.2 Å². The lowest BCUT2D eigenvalue weighted by Crippen LogP contribution is -2.58. The van der Waals surface area contributed by atoms with E-state index < -0.39 is 20.0 Å². The van der Waals surface area contributed by atoms with Gasteiger partial charge in [0.05, 0.1) is 11.8 Å². The first-order chi connectivity index (χ1) is 22.2. The van der Waals surface area contributed by atoms with E-state index in [1.54, 1.807) is 12.3 Å². The lowest BCUT2D eigenvalue weighted by Gasteiger charge is -2.49. The van der Waals surface area contributed by atoms with Crippen LogP contribution in [0.5, 0.6) is 11.5 Å². The minimum atomic E-state index is -2.15. The van der Waals surface area contributed by atoms with Crippen molar-refractivity contribution in [3.63, 3.8) is 0 Å². The molecule has 0 bridgehead atoms. The van der Waals surface area contributed by atoms with Crippen LogP contribution >= 0.6 is 23.2 Å². The molecule has 0 atom stereocenters. The highest BCUT2D eigenvalue weighted by Gasteiger charge is 2.46. The highest BCUT2D eigenvalue weighted by Crippen LogP contribution is 2.42. The molecule has 1 amide bonds. The highest BCUT2D eigenvalue weighted by molar-refractivity contribution is 6.74. The molecule has 0 unspecified atom stereocenters. The number of likely N-dealkylation sites (tertiary alicyclic amines) is 1. The Labute approximate surface area is 289 Å². The van der Waals surface area contributed by atoms with Gasteiger partial charge in [0.15, 0.2) is 8.32 Å². The average Bonchev–Trinajstić information content (AvgIpc) is 3.01. The molecule has 9 nitrogen and oxygen atoms in total. The fourth-order valence-electron chi connectivity index (χ4n) is 5.97. The first-order valence-corrected chi connectivity index (χ1v) is 20.0. The van der Waals surface area contributed by atoms with Crippen LogP contribution in [-0.2, 0) is 11.0 Å². The second-order valence-corrected chi connectivity index (χ2v) is 19.8. The molecule has 0 radical (unpaired) electrons. The number of carboxylic acid groups (broad SMARTS) is 1. The standard InChI is InChI=1S/C35H47Cl2N5O4Si/c1-34(2,3)47(4,5)46-35(24-40-33(43)44)8-12-41(13-9-35)23-25-16-26(27-18-28(36)21-29(37)19-27)20-31(17-25)45-30-6-7-32(39-22-30)42-14-10-38-11-15-42/h6-7,16-22,38,40H,8-15,23-24H2,1-5H3,(H,43,44). The minimum absolute atomic E-state index is 0.0152. The normalized spacial score (nSPS) is 17.4. The van der Waals surface area contributed by atoms with Crippen LogP contribution in [0, 0.1) is 0 Å². The van der Waals surface area contributed by atoms with E-state index in [4.69, 9.17) is 32.4 Å². The molecule has 47 heavy (non-hydrogen) atoms. The van der Waals surface area contributed by atoms with Gasteiger partial charge in [0.2, 0.25) is 0 Å². The Morgan fingerprint density at radius 2 is 1.64 bits per heavy atom. The second-order valence-electron chi connectivity index (χ2n) is 14.2. The van der Waals surface area contributed by atoms with Crippen molar-refractivity contribution < 1.29 is 19.1 Å². The summed E-state index contributed by atoms with van der Waals surface area (Å²) in [5.41, 5.74) is 2.41. The molecule has 3 N–H and O–H groups in total. The Bertz CT molecular complexity index is 1520. The summed E-state index contributed by atoms with van der Waals surface area (Å²) in [6.45, 7) is 17.4. The maximum absolute atomic E-state index is 11.5. The summed E-state index contributed by atoms with van der Waals surface area (Å²) in [6, 6.07) is 15.7. The lowest BCUT2D eigenvalue weighted by molar-refractivity contribution is -0.0101. The monoisotopic (exact) mass is 699 g/mol. The zero-order valence-electron chi connectivity index (χ0n) is 28.0. The van der Waals surface area contributed by atoms with E-state index in [-0.39, 0.29) is 11.6 Å². The van der Waals surface area contributed by atoms with Crippen LogP contribution in [0.4, 0.5) is 10.6 Å². The summed E-state index contributed by atoms with van der Waals surface area (Å²) >= 11 is 12.8. The fraction of sp³-hybridized carbons (Fsp3) is 0.486. The number of hydrogen-bond donors (Lipinski definition) is 3. The van der Waals surface area contributed by atoms with Crippen molar-refractivity contribution in [3.8, 4) is 22.6 Å². The highest BCUT2D eigenvalue weighted by atomic mass is 35.5. The molecule has 5 rings (SSSR count). The average molecular weight is 701 g/mol. The number of aromatic nitrogens is 1. The third-order valence-electron chi connectivity index (χ3n) is 9.57. The van der Waals surface area contributed by atoms with Gasteiger partial charge in [-0.15, -0.1) is 0 Å². The van der Waals surface area contributed by atoms with E-state index in [1.165, 1.54) is 0 Å². The lowest BCUT2D eigenvalue weighted by atomic mass is 9.91. The summed E-state index contributed by atoms with van der Waals surface area (Å²) in [7, 11) is -2.15. The van der Waals surface area contributed by atoms with E-state index in [0.29, 0.717) is 28.1 Å². The van der Waals surface area contributed by atoms with Gasteiger partial charge in [-0.1, -0.05) is 44.0 Å². The predicted octanol–water partition coefficient (Wildman–Crippen LogP) is 7.88. The van der Waals surface area contributed by atoms with Gasteiger partial charge in [0.1, 0.15) is 17.3 Å². The first kappa shape index (κ1) is 35.4. The third-order valence-corrected chi connectivity index (χ3v) is 14.6. The number of nitrogens with one attached hydrogen (secondary N) is 2. The number of amides is 1. The van der Waals surface area contributed by atoms with Crippen LogP contribution in [0.25, 0.3) is 11.1 Å². The summed E-state index contributed by atoms with van der Waals surface area (Å²) in [5, 5.41) is 16.6. The van der Waals surface area contributed by atoms with Crippen molar-refractivity contribution in [1.82, 2.24) is 20.5 Å². The fourth-order valence-corrected chi connectivity index (χ4v) is 8.16. The molecule has 0 saturated carbocycles. The SMILES string of the molecule is CC(C)(C)[Si](C)(C)OC1(CNC(=O)O)CCN(Cc2cc(Oc3ccc(N4CCNCC4)nc3)cc(-c3cc(Cl)cc(Cl)c3)c2)CC1. The molecule has 254 valence electrons. The number of benzene rings is 2. The maximum Gasteiger partial charge on any atom is 0.404 e. The van der Waals surface area contributed by atoms with Gasteiger partial charge in [0, 0.05) is 62.4 Å². The molecule has 2 aliphatic rings. The molecule has 0 spiro atoms. The van der Waals surface area contributed by atoms with Crippen molar-refractivity contribution >= 4 is 43.4 Å². The van der Waals surface area contributed by atoms with Crippen LogP contribution in [-0.4, -0.2) is 80.8 Å². The number of hydrogen-bond acceptors (Lipinski definition) is 7. The van der Waals surface area contributed by atoms with Crippen molar-refractivity contribution in [2.45, 2.75) is 63.9 Å². The molecule has 0 aliphatic carbocycles. The summed E-state index contributed by atoms with van der Waals surface area (Å²) in [5.74, 6) is 2.30. The number of piperazine rings is 1. The van der Waals surface area contributed by atoms with E-state index in [1.807, 2.05) is 30.3 Å². The molecular weight excluding hydrogens is 653 g/mol. The van der Waals surface area contributed by atoms with Gasteiger partial charge in [-0.3, -0.25) is 4.90 Å². The summed E-state index contributed by atoms with van der Waals surface area (Å²) in [4.78, 5) is 20.8. The zero-order valence-corrected chi connectivity index (χ0v) is 30.5. The molecule has 3 heterocycles. The summed E-state index contributed by atoms with van der Waals surface area (Å²) < 4.78 is 13.3. The number of pyridine rings is 1. The van der Waals surface area contributed by atoms with E-state index in [2.05, 4.69) is 71.4 Å². The Hall–Kier alpha value is -2.86. The smallest absolute Gasteiger partial charge is 0.404 e. The molecule has 1 aromatic heterocycles. The quantitative estimate of drug-likeness (QED) is 0.184. The topological polar surface area (TPSA) is 99.2 Å². The molecular formula is C35H47Cl2N5O4Si. The van der Waals surface area contributed by atoms with Gasteiger partial charge in [-0.25, -0.2) is 9.78 Å². The number of anilines is 1. The maximum atomic E-state index is 11.5. The number of rotatable bonds is 10. The van der Waals surface area contributed by atoms with Crippen LogP contribution in [0.1, 0.15) is 39.2 Å². The number of carbonyl (C=O) groups is 1. The van der Waals surface area contributed by atoms with Gasteiger partial charge in [0.25, 0.3) is 0 Å². The summed E-state index contributed by atoms with van der Waals surface area (Å²) in [6.07, 6.45) is 2.22. The Balaban J connectivity index is 1.36. The minimum Gasteiger partial charge on any atom is -0.465 e. The van der Waals surface area contributed by atoms with Crippen molar-refractivity contribution in [2.75, 3.05) is 50.7 Å². The van der Waals surface area contributed by atoms with Gasteiger partial charge >= 0.3 is 6.09 Å². The molecule has 2 aromatic carbocycles. The Morgan fingerprint density at radius 3 is 2.23 bits per heavy atom. The Kier molecular flexibility index (Phi) is 11.1. The number of piperidine rings is 1. The van der Waals surface area contributed by atoms with Crippen LogP contribution in [0.2, 0.25) is 28.2 Å². The second kappa shape index (κ2) is 14.7. The third kappa shape index (κ3) is 9.40. The van der Waals surface area contributed by atoms with Crippen molar-refractivity contribution in [2.24, 2.45) is 0 Å². The van der Waals surface area contributed by atoms with Crippen molar-refractivity contribution in [3.05, 3.63) is 70.3 Å². The molecule has 2 aliphatic heterocycles. The van der Waals surface area contributed by atoms with Crippen molar-refractivity contribution in [1.29, 1.82) is 0 Å². The number of halogens is 2. The van der Waals surface area contributed by atoms with E-state index in [0.717, 1.165) is 74.6 Å². The molecule has 3 aromatic rings. The molecule has 12 heteroatoms.